The highest BCUT2D eigenvalue weighted by atomic mass is 32.2. The smallest absolute Gasteiger partial charge is 0.238 e. The Morgan fingerprint density at radius 1 is 1.00 bits per heavy atom. The van der Waals surface area contributed by atoms with E-state index in [1.807, 2.05) is 23.2 Å². The highest BCUT2D eigenvalue weighted by Crippen LogP contribution is 2.45. The minimum atomic E-state index is -3.72. The highest BCUT2D eigenvalue weighted by molar-refractivity contribution is 7.89. The molecule has 2 atom stereocenters. The first kappa shape index (κ1) is 22.2. The van der Waals surface area contributed by atoms with Crippen LogP contribution in [-0.2, 0) is 16.4 Å². The molecule has 3 aromatic carbocycles. The Balaban J connectivity index is 0.000000775. The van der Waals surface area contributed by atoms with Crippen LogP contribution < -0.4 is 10.1 Å². The van der Waals surface area contributed by atoms with Gasteiger partial charge in [-0.1, -0.05) is 54.6 Å². The van der Waals surface area contributed by atoms with E-state index >= 15 is 0 Å². The van der Waals surface area contributed by atoms with Gasteiger partial charge in [0.15, 0.2) is 0 Å². The lowest BCUT2D eigenvalue weighted by molar-refractivity contribution is 0.318. The Labute approximate surface area is 189 Å². The number of hydrogen-bond acceptors (Lipinski definition) is 5. The molecule has 1 aliphatic carbocycles. The maximum Gasteiger partial charge on any atom is 0.238 e. The number of nitrogens with zero attached hydrogens (tertiary/aromatic N) is 2. The first-order valence-corrected chi connectivity index (χ1v) is 12.2. The first-order chi connectivity index (χ1) is 15.4. The SMILES string of the molecule is CCO.NS(=O)(=O)c1ccc(N2N=C3c4ccccc4CC[C@@H]3[C@@H]2c2ccccc2)cc1. The Hall–Kier alpha value is -3.00. The van der Waals surface area contributed by atoms with Crippen LogP contribution in [0.25, 0.3) is 0 Å². The van der Waals surface area contributed by atoms with E-state index in [9.17, 15) is 8.42 Å². The molecule has 1 heterocycles. The quantitative estimate of drug-likeness (QED) is 0.635. The summed E-state index contributed by atoms with van der Waals surface area (Å²) in [4.78, 5) is 0.104. The molecule has 5 rings (SSSR count). The Morgan fingerprint density at radius 2 is 1.62 bits per heavy atom. The molecule has 0 spiro atoms. The van der Waals surface area contributed by atoms with Gasteiger partial charge in [-0.05, 0) is 55.2 Å². The molecule has 0 bridgehead atoms. The molecule has 3 aromatic rings. The van der Waals surface area contributed by atoms with Crippen LogP contribution in [0.5, 0.6) is 0 Å². The van der Waals surface area contributed by atoms with Gasteiger partial charge in [0.1, 0.15) is 0 Å². The van der Waals surface area contributed by atoms with Crippen molar-refractivity contribution < 1.29 is 13.5 Å². The summed E-state index contributed by atoms with van der Waals surface area (Å²) in [5, 5.41) is 19.9. The van der Waals surface area contributed by atoms with Gasteiger partial charge in [0.2, 0.25) is 10.0 Å². The number of nitrogens with two attached hydrogens (primary N) is 1. The summed E-state index contributed by atoms with van der Waals surface area (Å²) < 4.78 is 23.3. The van der Waals surface area contributed by atoms with Crippen molar-refractivity contribution in [1.29, 1.82) is 0 Å². The van der Waals surface area contributed by atoms with Gasteiger partial charge in [-0.2, -0.15) is 5.10 Å². The van der Waals surface area contributed by atoms with Crippen LogP contribution in [0.3, 0.4) is 0 Å². The summed E-state index contributed by atoms with van der Waals surface area (Å²) in [5.74, 6) is 0.283. The molecule has 2 aliphatic rings. The number of aliphatic hydroxyl groups is 1. The third kappa shape index (κ3) is 4.32. The molecule has 0 radical (unpaired) electrons. The molecule has 0 unspecified atom stereocenters. The van der Waals surface area contributed by atoms with Gasteiger partial charge >= 0.3 is 0 Å². The lowest BCUT2D eigenvalue weighted by Crippen LogP contribution is -2.28. The Kier molecular flexibility index (Phi) is 6.41. The van der Waals surface area contributed by atoms with Gasteiger partial charge in [-0.3, -0.25) is 5.01 Å². The molecule has 166 valence electrons. The molecule has 0 saturated carbocycles. The number of aliphatic hydroxyl groups excluding tert-OH is 1. The second-order valence-corrected chi connectivity index (χ2v) is 9.40. The summed E-state index contributed by atoms with van der Waals surface area (Å²) >= 11 is 0. The number of hydrazone groups is 1. The summed E-state index contributed by atoms with van der Waals surface area (Å²) in [6.45, 7) is 1.93. The minimum Gasteiger partial charge on any atom is -0.397 e. The van der Waals surface area contributed by atoms with Crippen LogP contribution in [-0.4, -0.2) is 25.8 Å². The van der Waals surface area contributed by atoms with Crippen molar-refractivity contribution in [3.63, 3.8) is 0 Å². The third-order valence-corrected chi connectivity index (χ3v) is 6.73. The highest BCUT2D eigenvalue weighted by Gasteiger charge is 2.41. The normalized spacial score (nSPS) is 19.3. The van der Waals surface area contributed by atoms with Crippen LogP contribution >= 0.6 is 0 Å². The number of sulfonamides is 1. The number of anilines is 1. The van der Waals surface area contributed by atoms with Gasteiger partial charge in [-0.15, -0.1) is 0 Å². The fraction of sp³-hybridized carbons (Fsp3) is 0.240. The zero-order valence-electron chi connectivity index (χ0n) is 17.9. The molecule has 7 heteroatoms. The van der Waals surface area contributed by atoms with Crippen molar-refractivity contribution >= 4 is 21.4 Å². The zero-order valence-corrected chi connectivity index (χ0v) is 18.7. The second-order valence-electron chi connectivity index (χ2n) is 7.84. The van der Waals surface area contributed by atoms with Gasteiger partial charge < -0.3 is 5.11 Å². The van der Waals surface area contributed by atoms with Crippen molar-refractivity contribution in [2.45, 2.75) is 30.7 Å². The molecular formula is C25H27N3O3S. The van der Waals surface area contributed by atoms with E-state index in [1.165, 1.54) is 16.7 Å². The average Bonchev–Trinajstić information content (AvgIpc) is 3.20. The van der Waals surface area contributed by atoms with Crippen molar-refractivity contribution in [2.24, 2.45) is 16.2 Å². The molecular weight excluding hydrogens is 422 g/mol. The molecule has 0 aromatic heterocycles. The molecule has 0 fully saturated rings. The van der Waals surface area contributed by atoms with E-state index in [1.54, 1.807) is 31.2 Å². The maximum atomic E-state index is 11.6. The number of benzene rings is 3. The molecule has 0 amide bonds. The number of aryl methyl sites for hydroxylation is 1. The van der Waals surface area contributed by atoms with Crippen LogP contribution in [0.1, 0.15) is 36.1 Å². The van der Waals surface area contributed by atoms with E-state index in [0.717, 1.165) is 24.2 Å². The predicted octanol–water partition coefficient (Wildman–Crippen LogP) is 3.86. The van der Waals surface area contributed by atoms with Crippen LogP contribution in [0, 0.1) is 5.92 Å². The molecule has 6 nitrogen and oxygen atoms in total. The summed E-state index contributed by atoms with van der Waals surface area (Å²) in [5.41, 5.74) is 5.71. The van der Waals surface area contributed by atoms with E-state index in [0.29, 0.717) is 0 Å². The fourth-order valence-electron chi connectivity index (χ4n) is 4.45. The van der Waals surface area contributed by atoms with Crippen molar-refractivity contribution in [3.8, 4) is 0 Å². The maximum absolute atomic E-state index is 11.6. The van der Waals surface area contributed by atoms with Crippen molar-refractivity contribution in [2.75, 3.05) is 11.6 Å². The summed E-state index contributed by atoms with van der Waals surface area (Å²) in [6.07, 6.45) is 2.06. The van der Waals surface area contributed by atoms with Gasteiger partial charge in [-0.25, -0.2) is 13.6 Å². The molecule has 0 saturated heterocycles. The van der Waals surface area contributed by atoms with E-state index < -0.39 is 10.0 Å². The van der Waals surface area contributed by atoms with E-state index in [2.05, 4.69) is 36.4 Å². The Bertz CT molecular complexity index is 1210. The van der Waals surface area contributed by atoms with Crippen molar-refractivity contribution in [3.05, 3.63) is 95.6 Å². The fourth-order valence-corrected chi connectivity index (χ4v) is 4.97. The lowest BCUT2D eigenvalue weighted by atomic mass is 9.77. The first-order valence-electron chi connectivity index (χ1n) is 10.7. The summed E-state index contributed by atoms with van der Waals surface area (Å²) in [7, 11) is -3.72. The molecule has 32 heavy (non-hydrogen) atoms. The number of hydrogen-bond donors (Lipinski definition) is 2. The van der Waals surface area contributed by atoms with Gasteiger partial charge in [0.25, 0.3) is 0 Å². The number of rotatable bonds is 3. The monoisotopic (exact) mass is 449 g/mol. The largest absolute Gasteiger partial charge is 0.397 e. The average molecular weight is 450 g/mol. The zero-order chi connectivity index (χ0) is 22.7. The van der Waals surface area contributed by atoms with Gasteiger partial charge in [0.05, 0.1) is 22.3 Å². The van der Waals surface area contributed by atoms with Gasteiger partial charge in [0, 0.05) is 18.1 Å². The molecule has 3 N–H and O–H groups in total. The standard InChI is InChI=1S/C23H21N3O2S.C2H6O/c24-29(27,28)19-13-11-18(12-14-19)26-23(17-7-2-1-3-8-17)21-15-10-16-6-4-5-9-20(16)22(21)25-26;1-2-3/h1-9,11-14,21,23H,10,15H2,(H2,24,27,28);3H,2H2,1H3/t21-,23-;/m0./s1. The van der Waals surface area contributed by atoms with Crippen LogP contribution in [0.15, 0.2) is 88.9 Å². The lowest BCUT2D eigenvalue weighted by Gasteiger charge is -2.30. The van der Waals surface area contributed by atoms with Crippen LogP contribution in [0.2, 0.25) is 0 Å². The van der Waals surface area contributed by atoms with E-state index in [4.69, 9.17) is 15.3 Å². The second kappa shape index (κ2) is 9.24. The topological polar surface area (TPSA) is 96.0 Å². The van der Waals surface area contributed by atoms with E-state index in [-0.39, 0.29) is 23.5 Å². The third-order valence-electron chi connectivity index (χ3n) is 5.80. The van der Waals surface area contributed by atoms with Crippen LogP contribution in [0.4, 0.5) is 5.69 Å². The minimum absolute atomic E-state index is 0.0693. The van der Waals surface area contributed by atoms with Crippen molar-refractivity contribution in [1.82, 2.24) is 0 Å². The summed E-state index contributed by atoms with van der Waals surface area (Å²) in [6, 6.07) is 25.6. The Morgan fingerprint density at radius 3 is 2.28 bits per heavy atom. The molecule has 1 aliphatic heterocycles. The number of fused-ring (bicyclic) bond motifs is 3. The predicted molar refractivity (Wildman–Crippen MR) is 127 cm³/mol. The number of primary sulfonamides is 1.